The summed E-state index contributed by atoms with van der Waals surface area (Å²) in [7, 11) is 0. The number of thioether (sulfide) groups is 1. The maximum atomic E-state index is 12.6. The first-order valence-electron chi connectivity index (χ1n) is 9.54. The number of Topliss-reactive ketones (excluding diaryl/α,β-unsaturated/α-hetero) is 1. The number of amides is 1. The second kappa shape index (κ2) is 10.1. The van der Waals surface area contributed by atoms with Crippen molar-refractivity contribution in [2.24, 2.45) is 4.99 Å². The molecule has 1 amide bonds. The van der Waals surface area contributed by atoms with E-state index in [1.807, 2.05) is 30.3 Å². The Kier molecular flexibility index (Phi) is 7.25. The molecule has 1 aliphatic heterocycles. The van der Waals surface area contributed by atoms with E-state index < -0.39 is 0 Å². The maximum Gasteiger partial charge on any atom is 0.221 e. The van der Waals surface area contributed by atoms with Crippen molar-refractivity contribution in [1.82, 2.24) is 4.90 Å². The van der Waals surface area contributed by atoms with Gasteiger partial charge in [0.05, 0.1) is 11.4 Å². The molecule has 6 heteroatoms. The van der Waals surface area contributed by atoms with E-state index in [9.17, 15) is 9.59 Å². The summed E-state index contributed by atoms with van der Waals surface area (Å²) in [5, 5.41) is 3.62. The maximum absolute atomic E-state index is 12.6. The SMILES string of the molecule is CC(=O)Nc1ccc(C(=O)CSC(=Nc2ccccc2)N2CCCCC2)cc1. The topological polar surface area (TPSA) is 61.8 Å². The molecule has 2 aromatic carbocycles. The Bertz CT molecular complexity index is 829. The van der Waals surface area contributed by atoms with Crippen molar-refractivity contribution in [3.8, 4) is 0 Å². The first-order chi connectivity index (χ1) is 13.6. The van der Waals surface area contributed by atoms with Gasteiger partial charge in [0.25, 0.3) is 0 Å². The Morgan fingerprint density at radius 2 is 1.68 bits per heavy atom. The van der Waals surface area contributed by atoms with Gasteiger partial charge >= 0.3 is 0 Å². The van der Waals surface area contributed by atoms with E-state index in [-0.39, 0.29) is 11.7 Å². The van der Waals surface area contributed by atoms with E-state index in [4.69, 9.17) is 4.99 Å². The molecule has 0 unspecified atom stereocenters. The average Bonchev–Trinajstić information content (AvgIpc) is 2.72. The number of rotatable bonds is 5. The van der Waals surface area contributed by atoms with E-state index >= 15 is 0 Å². The van der Waals surface area contributed by atoms with Crippen LogP contribution in [0.4, 0.5) is 11.4 Å². The van der Waals surface area contributed by atoms with Gasteiger partial charge in [-0.1, -0.05) is 30.0 Å². The van der Waals surface area contributed by atoms with Crippen LogP contribution in [-0.2, 0) is 4.79 Å². The molecular weight excluding hydrogens is 370 g/mol. The Labute approximate surface area is 170 Å². The number of hydrogen-bond acceptors (Lipinski definition) is 4. The largest absolute Gasteiger partial charge is 0.351 e. The van der Waals surface area contributed by atoms with Crippen molar-refractivity contribution in [2.45, 2.75) is 26.2 Å². The van der Waals surface area contributed by atoms with Crippen LogP contribution in [0, 0.1) is 0 Å². The molecule has 1 heterocycles. The highest BCUT2D eigenvalue weighted by atomic mass is 32.2. The zero-order valence-corrected chi connectivity index (χ0v) is 16.9. The molecule has 0 radical (unpaired) electrons. The summed E-state index contributed by atoms with van der Waals surface area (Å²) in [6.07, 6.45) is 3.57. The van der Waals surface area contributed by atoms with Crippen LogP contribution in [0.25, 0.3) is 0 Å². The van der Waals surface area contributed by atoms with Crippen LogP contribution in [0.2, 0.25) is 0 Å². The number of likely N-dealkylation sites (tertiary alicyclic amines) is 1. The molecule has 3 rings (SSSR count). The van der Waals surface area contributed by atoms with Gasteiger partial charge in [-0.3, -0.25) is 9.59 Å². The molecule has 1 fully saturated rings. The number of hydrogen-bond donors (Lipinski definition) is 1. The van der Waals surface area contributed by atoms with Gasteiger partial charge in [0.2, 0.25) is 5.91 Å². The standard InChI is InChI=1S/C22H25N3O2S/c1-17(26)23-20-12-10-18(11-13-20)21(27)16-28-22(25-14-6-3-7-15-25)24-19-8-4-2-5-9-19/h2,4-5,8-13H,3,6-7,14-16H2,1H3,(H,23,26). The zero-order valence-electron chi connectivity index (χ0n) is 16.1. The van der Waals surface area contributed by atoms with E-state index in [1.54, 1.807) is 24.3 Å². The number of benzene rings is 2. The van der Waals surface area contributed by atoms with Crippen LogP contribution in [-0.4, -0.2) is 40.6 Å². The van der Waals surface area contributed by atoms with Gasteiger partial charge in [0.15, 0.2) is 11.0 Å². The molecule has 0 aromatic heterocycles. The number of anilines is 1. The Hall–Kier alpha value is -2.60. The second-order valence-electron chi connectivity index (χ2n) is 6.75. The first-order valence-corrected chi connectivity index (χ1v) is 10.5. The number of amidine groups is 1. The summed E-state index contributed by atoms with van der Waals surface area (Å²) in [5.74, 6) is 0.261. The van der Waals surface area contributed by atoms with Gasteiger partial charge < -0.3 is 10.2 Å². The highest BCUT2D eigenvalue weighted by Gasteiger charge is 2.17. The molecule has 0 bridgehead atoms. The average molecular weight is 396 g/mol. The Morgan fingerprint density at radius 1 is 1.00 bits per heavy atom. The van der Waals surface area contributed by atoms with Crippen LogP contribution in [0.5, 0.6) is 0 Å². The van der Waals surface area contributed by atoms with Crippen molar-refractivity contribution in [3.63, 3.8) is 0 Å². The number of carbonyl (C=O) groups is 2. The number of nitrogens with one attached hydrogen (secondary N) is 1. The summed E-state index contributed by atoms with van der Waals surface area (Å²) in [6.45, 7) is 3.43. The van der Waals surface area contributed by atoms with Gasteiger partial charge in [0.1, 0.15) is 0 Å². The molecule has 5 nitrogen and oxygen atoms in total. The third-order valence-electron chi connectivity index (χ3n) is 4.47. The van der Waals surface area contributed by atoms with Gasteiger partial charge in [-0.05, 0) is 55.7 Å². The van der Waals surface area contributed by atoms with Crippen LogP contribution in [0.15, 0.2) is 59.6 Å². The fourth-order valence-corrected chi connectivity index (χ4v) is 4.01. The number of nitrogens with zero attached hydrogens (tertiary/aromatic N) is 2. The second-order valence-corrected chi connectivity index (χ2v) is 7.69. The molecular formula is C22H25N3O2S. The van der Waals surface area contributed by atoms with Crippen LogP contribution < -0.4 is 5.32 Å². The lowest BCUT2D eigenvalue weighted by molar-refractivity contribution is -0.114. The molecule has 146 valence electrons. The molecule has 0 spiro atoms. The van der Waals surface area contributed by atoms with Crippen molar-refractivity contribution in [2.75, 3.05) is 24.2 Å². The van der Waals surface area contributed by atoms with Gasteiger partial charge in [-0.2, -0.15) is 0 Å². The van der Waals surface area contributed by atoms with E-state index in [0.29, 0.717) is 17.0 Å². The quantitative estimate of drug-likeness (QED) is 0.451. The van der Waals surface area contributed by atoms with Crippen LogP contribution in [0.1, 0.15) is 36.5 Å². The molecule has 0 atom stereocenters. The number of para-hydroxylation sites is 1. The van der Waals surface area contributed by atoms with Crippen molar-refractivity contribution >= 4 is 40.0 Å². The zero-order chi connectivity index (χ0) is 19.8. The number of carbonyl (C=O) groups excluding carboxylic acids is 2. The summed E-state index contributed by atoms with van der Waals surface area (Å²) in [5.41, 5.74) is 2.23. The molecule has 1 N–H and O–H groups in total. The van der Waals surface area contributed by atoms with Gasteiger partial charge in [-0.25, -0.2) is 4.99 Å². The van der Waals surface area contributed by atoms with E-state index in [2.05, 4.69) is 10.2 Å². The highest BCUT2D eigenvalue weighted by Crippen LogP contribution is 2.22. The first kappa shape index (κ1) is 20.1. The van der Waals surface area contributed by atoms with Gasteiger partial charge in [-0.15, -0.1) is 0 Å². The minimum atomic E-state index is -0.127. The predicted octanol–water partition coefficient (Wildman–Crippen LogP) is 4.73. The Balaban J connectivity index is 1.67. The van der Waals surface area contributed by atoms with Crippen molar-refractivity contribution in [1.29, 1.82) is 0 Å². The van der Waals surface area contributed by atoms with Crippen molar-refractivity contribution in [3.05, 3.63) is 60.2 Å². The number of piperidine rings is 1. The summed E-state index contributed by atoms with van der Waals surface area (Å²) >= 11 is 1.50. The molecule has 1 saturated heterocycles. The normalized spacial score (nSPS) is 14.6. The number of ketones is 1. The third kappa shape index (κ3) is 5.96. The summed E-state index contributed by atoms with van der Waals surface area (Å²) in [4.78, 5) is 30.8. The smallest absolute Gasteiger partial charge is 0.221 e. The van der Waals surface area contributed by atoms with Crippen LogP contribution >= 0.6 is 11.8 Å². The predicted molar refractivity (Wildman–Crippen MR) is 116 cm³/mol. The van der Waals surface area contributed by atoms with Crippen LogP contribution in [0.3, 0.4) is 0 Å². The lowest BCUT2D eigenvalue weighted by Gasteiger charge is -2.29. The molecule has 0 saturated carbocycles. The molecule has 0 aliphatic carbocycles. The fraction of sp³-hybridized carbons (Fsp3) is 0.318. The molecule has 1 aliphatic rings. The number of aliphatic imine (C=N–C) groups is 1. The lowest BCUT2D eigenvalue weighted by Crippen LogP contribution is -2.34. The summed E-state index contributed by atoms with van der Waals surface area (Å²) in [6, 6.07) is 16.9. The van der Waals surface area contributed by atoms with Crippen molar-refractivity contribution < 1.29 is 9.59 Å². The molecule has 28 heavy (non-hydrogen) atoms. The lowest BCUT2D eigenvalue weighted by atomic mass is 10.1. The molecule has 2 aromatic rings. The monoisotopic (exact) mass is 395 g/mol. The minimum absolute atomic E-state index is 0.0529. The fourth-order valence-electron chi connectivity index (χ4n) is 3.05. The highest BCUT2D eigenvalue weighted by molar-refractivity contribution is 8.14. The Morgan fingerprint density at radius 3 is 2.32 bits per heavy atom. The van der Waals surface area contributed by atoms with Gasteiger partial charge in [0, 0.05) is 31.3 Å². The van der Waals surface area contributed by atoms with E-state index in [1.165, 1.54) is 25.1 Å². The van der Waals surface area contributed by atoms with E-state index in [0.717, 1.165) is 36.8 Å². The summed E-state index contributed by atoms with van der Waals surface area (Å²) < 4.78 is 0. The minimum Gasteiger partial charge on any atom is -0.351 e. The third-order valence-corrected chi connectivity index (χ3v) is 5.48.